The molecule has 0 saturated carbocycles. The van der Waals surface area contributed by atoms with Crippen LogP contribution in [0.2, 0.25) is 5.02 Å². The third-order valence-electron chi connectivity index (χ3n) is 5.61. The van der Waals surface area contributed by atoms with Gasteiger partial charge in [-0.05, 0) is 67.5 Å². The van der Waals surface area contributed by atoms with Gasteiger partial charge in [0, 0.05) is 10.6 Å². The first-order valence-corrected chi connectivity index (χ1v) is 10.9. The molecule has 2 aromatic carbocycles. The number of fused-ring (bicyclic) bond motifs is 1. The number of nitrogens with one attached hydrogen (secondary N) is 2. The molecular weight excluding hydrogens is 394 g/mol. The molecule has 4 rings (SSSR count). The van der Waals surface area contributed by atoms with Crippen molar-refractivity contribution in [2.24, 2.45) is 0 Å². The predicted octanol–water partition coefficient (Wildman–Crippen LogP) is 6.21. The number of nitrogens with zero attached hydrogens (tertiary/aromatic N) is 1. The van der Waals surface area contributed by atoms with E-state index in [0.717, 1.165) is 60.1 Å². The van der Waals surface area contributed by atoms with Gasteiger partial charge in [0.15, 0.2) is 0 Å². The third-order valence-corrected chi connectivity index (χ3v) is 5.84. The molecule has 1 amide bonds. The number of benzene rings is 2. The first-order chi connectivity index (χ1) is 14.6. The monoisotopic (exact) mass is 419 g/mol. The van der Waals surface area contributed by atoms with E-state index < -0.39 is 0 Å². The summed E-state index contributed by atoms with van der Waals surface area (Å²) < 4.78 is 0. The third kappa shape index (κ3) is 4.65. The number of rotatable bonds is 4. The maximum atomic E-state index is 13.1. The van der Waals surface area contributed by atoms with Crippen LogP contribution in [0.25, 0.3) is 11.6 Å². The minimum atomic E-state index is -0.109. The van der Waals surface area contributed by atoms with Crippen LogP contribution in [-0.4, -0.2) is 16.1 Å². The highest BCUT2D eigenvalue weighted by molar-refractivity contribution is 6.30. The van der Waals surface area contributed by atoms with Gasteiger partial charge in [-0.2, -0.15) is 5.10 Å². The van der Waals surface area contributed by atoms with Gasteiger partial charge in [0.2, 0.25) is 0 Å². The average Bonchev–Trinajstić information content (AvgIpc) is 3.14. The van der Waals surface area contributed by atoms with Gasteiger partial charge in [-0.3, -0.25) is 9.89 Å². The molecule has 0 bridgehead atoms. The van der Waals surface area contributed by atoms with Crippen LogP contribution >= 0.6 is 11.6 Å². The maximum absolute atomic E-state index is 13.1. The molecule has 1 heterocycles. The lowest BCUT2D eigenvalue weighted by Crippen LogP contribution is -2.27. The van der Waals surface area contributed by atoms with Gasteiger partial charge >= 0.3 is 0 Å². The largest absolute Gasteiger partial charge is 0.344 e. The van der Waals surface area contributed by atoms with Crippen LogP contribution in [0.1, 0.15) is 71.5 Å². The highest BCUT2D eigenvalue weighted by Gasteiger charge is 2.23. The second kappa shape index (κ2) is 9.31. The fraction of sp³-hybridized carbons (Fsp3) is 0.280. The highest BCUT2D eigenvalue weighted by atomic mass is 35.5. The van der Waals surface area contributed by atoms with Gasteiger partial charge in [0.05, 0.1) is 11.7 Å². The summed E-state index contributed by atoms with van der Waals surface area (Å²) in [6, 6.07) is 17.7. The van der Waals surface area contributed by atoms with Crippen molar-refractivity contribution >= 4 is 29.2 Å². The van der Waals surface area contributed by atoms with Crippen molar-refractivity contribution in [2.45, 2.75) is 45.1 Å². The van der Waals surface area contributed by atoms with E-state index in [1.54, 1.807) is 0 Å². The molecule has 1 aliphatic carbocycles. The molecule has 1 aliphatic rings. The number of amides is 1. The molecule has 3 aromatic rings. The Morgan fingerprint density at radius 1 is 1.10 bits per heavy atom. The molecule has 0 spiro atoms. The van der Waals surface area contributed by atoms with Gasteiger partial charge in [0.1, 0.15) is 5.69 Å². The Balaban J connectivity index is 1.63. The Labute approximate surface area is 182 Å². The Morgan fingerprint density at radius 2 is 1.90 bits per heavy atom. The first kappa shape index (κ1) is 20.4. The Kier molecular flexibility index (Phi) is 6.34. The summed E-state index contributed by atoms with van der Waals surface area (Å²) in [5.41, 5.74) is 5.78. The lowest BCUT2D eigenvalue weighted by Gasteiger charge is -2.16. The molecule has 5 heteroatoms. The SMILES string of the molecule is C[C@@H](NC(=O)c1[nH]nc2c1CCCCCC2=Cc1cccc(Cl)c1)c1ccccc1. The van der Waals surface area contributed by atoms with Gasteiger partial charge in [0.25, 0.3) is 5.91 Å². The van der Waals surface area contributed by atoms with Crippen LogP contribution in [0, 0.1) is 0 Å². The van der Waals surface area contributed by atoms with Crippen molar-refractivity contribution in [1.82, 2.24) is 15.5 Å². The zero-order valence-corrected chi connectivity index (χ0v) is 17.9. The smallest absolute Gasteiger partial charge is 0.270 e. The number of hydrogen-bond acceptors (Lipinski definition) is 2. The van der Waals surface area contributed by atoms with E-state index in [9.17, 15) is 4.79 Å². The van der Waals surface area contributed by atoms with Crippen molar-refractivity contribution in [3.63, 3.8) is 0 Å². The Morgan fingerprint density at radius 3 is 2.70 bits per heavy atom. The minimum absolute atomic E-state index is 0.0762. The zero-order chi connectivity index (χ0) is 20.9. The zero-order valence-electron chi connectivity index (χ0n) is 17.1. The van der Waals surface area contributed by atoms with E-state index >= 15 is 0 Å². The van der Waals surface area contributed by atoms with E-state index in [1.807, 2.05) is 61.5 Å². The van der Waals surface area contributed by atoms with Crippen LogP contribution in [0.5, 0.6) is 0 Å². The van der Waals surface area contributed by atoms with Crippen molar-refractivity contribution in [1.29, 1.82) is 0 Å². The van der Waals surface area contributed by atoms with E-state index in [2.05, 4.69) is 21.6 Å². The molecule has 0 unspecified atom stereocenters. The van der Waals surface area contributed by atoms with Gasteiger partial charge < -0.3 is 5.32 Å². The normalized spacial score (nSPS) is 16.4. The number of aromatic amines is 1. The summed E-state index contributed by atoms with van der Waals surface area (Å²) in [6.45, 7) is 2.00. The molecule has 2 N–H and O–H groups in total. The summed E-state index contributed by atoms with van der Waals surface area (Å²) in [5.74, 6) is -0.109. The summed E-state index contributed by atoms with van der Waals surface area (Å²) in [5, 5.41) is 11.4. The van der Waals surface area contributed by atoms with Crippen molar-refractivity contribution in [3.05, 3.63) is 87.7 Å². The van der Waals surface area contributed by atoms with Crippen LogP contribution in [0.15, 0.2) is 54.6 Å². The van der Waals surface area contributed by atoms with Crippen molar-refractivity contribution in [3.8, 4) is 0 Å². The predicted molar refractivity (Wildman–Crippen MR) is 122 cm³/mol. The molecule has 0 fully saturated rings. The molecule has 1 aromatic heterocycles. The number of carbonyl (C=O) groups excluding carboxylic acids is 1. The lowest BCUT2D eigenvalue weighted by atomic mass is 9.92. The highest BCUT2D eigenvalue weighted by Crippen LogP contribution is 2.31. The number of H-pyrrole nitrogens is 1. The van der Waals surface area contributed by atoms with Crippen LogP contribution < -0.4 is 5.32 Å². The van der Waals surface area contributed by atoms with E-state index in [1.165, 1.54) is 0 Å². The van der Waals surface area contributed by atoms with E-state index in [0.29, 0.717) is 10.7 Å². The second-order valence-electron chi connectivity index (χ2n) is 7.82. The van der Waals surface area contributed by atoms with Crippen molar-refractivity contribution in [2.75, 3.05) is 0 Å². The van der Waals surface area contributed by atoms with Crippen LogP contribution in [0.3, 0.4) is 0 Å². The summed E-state index contributed by atoms with van der Waals surface area (Å²) >= 11 is 6.16. The standard InChI is InChI=1S/C25H26ClN3O/c1-17(19-10-4-2-5-11-19)27-25(30)24-22-14-7-3-6-12-20(23(22)28-29-24)15-18-9-8-13-21(26)16-18/h2,4-5,8-11,13,15-17H,3,6-7,12,14H2,1H3,(H,27,30)(H,28,29)/t17-/m1/s1. The molecule has 4 nitrogen and oxygen atoms in total. The second-order valence-corrected chi connectivity index (χ2v) is 8.25. The molecule has 30 heavy (non-hydrogen) atoms. The maximum Gasteiger partial charge on any atom is 0.270 e. The fourth-order valence-electron chi connectivity index (χ4n) is 4.01. The summed E-state index contributed by atoms with van der Waals surface area (Å²) in [6.07, 6.45) is 7.24. The quantitative estimate of drug-likeness (QED) is 0.528. The molecule has 0 aliphatic heterocycles. The first-order valence-electron chi connectivity index (χ1n) is 10.5. The molecule has 154 valence electrons. The molecular formula is C25H26ClN3O. The van der Waals surface area contributed by atoms with Crippen molar-refractivity contribution < 1.29 is 4.79 Å². The summed E-state index contributed by atoms with van der Waals surface area (Å²) in [7, 11) is 0. The van der Waals surface area contributed by atoms with Gasteiger partial charge in [-0.25, -0.2) is 0 Å². The molecule has 1 atom stereocenters. The van der Waals surface area contributed by atoms with Gasteiger partial charge in [-0.15, -0.1) is 0 Å². The summed E-state index contributed by atoms with van der Waals surface area (Å²) in [4.78, 5) is 13.1. The number of halogens is 1. The number of allylic oxidation sites excluding steroid dienone is 1. The number of carbonyl (C=O) groups is 1. The minimum Gasteiger partial charge on any atom is -0.344 e. The molecule has 0 radical (unpaired) electrons. The van der Waals surface area contributed by atoms with E-state index in [-0.39, 0.29) is 11.9 Å². The topological polar surface area (TPSA) is 57.8 Å². The average molecular weight is 420 g/mol. The van der Waals surface area contributed by atoms with E-state index in [4.69, 9.17) is 11.6 Å². The van der Waals surface area contributed by atoms with Crippen LogP contribution in [-0.2, 0) is 6.42 Å². The fourth-order valence-corrected chi connectivity index (χ4v) is 4.21. The Bertz CT molecular complexity index is 1060. The van der Waals surface area contributed by atoms with Gasteiger partial charge in [-0.1, -0.05) is 60.5 Å². The Hall–Kier alpha value is -2.85. The number of hydrogen-bond donors (Lipinski definition) is 2. The lowest BCUT2D eigenvalue weighted by molar-refractivity contribution is 0.0934. The number of aromatic nitrogens is 2. The van der Waals surface area contributed by atoms with Crippen LogP contribution in [0.4, 0.5) is 0 Å². The molecule has 0 saturated heterocycles.